The van der Waals surface area contributed by atoms with E-state index in [1.165, 1.54) is 0 Å². The number of aryl methyl sites for hydroxylation is 1. The second-order valence-electron chi connectivity index (χ2n) is 3.46. The van der Waals surface area contributed by atoms with Gasteiger partial charge in [0, 0.05) is 6.61 Å². The van der Waals surface area contributed by atoms with Crippen LogP contribution in [0.15, 0.2) is 18.2 Å². The summed E-state index contributed by atoms with van der Waals surface area (Å²) in [5, 5.41) is 8.85. The quantitative estimate of drug-likeness (QED) is 0.773. The topological polar surface area (TPSA) is 38.7 Å². The monoisotopic (exact) mass is 224 g/mol. The Morgan fingerprint density at radius 1 is 1.12 bits per heavy atom. The van der Waals surface area contributed by atoms with E-state index in [0.717, 1.165) is 29.9 Å². The fourth-order valence-electron chi connectivity index (χ4n) is 1.57. The third-order valence-corrected chi connectivity index (χ3v) is 2.25. The van der Waals surface area contributed by atoms with Crippen LogP contribution in [0, 0.1) is 0 Å². The van der Waals surface area contributed by atoms with Crippen molar-refractivity contribution >= 4 is 0 Å². The molecular formula is C13H20O3. The molecule has 0 fully saturated rings. The van der Waals surface area contributed by atoms with Crippen LogP contribution in [0.2, 0.25) is 0 Å². The molecule has 0 aliphatic carbocycles. The van der Waals surface area contributed by atoms with Crippen molar-refractivity contribution in [3.63, 3.8) is 0 Å². The highest BCUT2D eigenvalue weighted by Gasteiger charge is 2.05. The summed E-state index contributed by atoms with van der Waals surface area (Å²) < 4.78 is 11.0. The SMILES string of the molecule is CCOc1ccc(OCC)c(CCCO)c1. The number of benzene rings is 1. The molecule has 0 amide bonds. The molecule has 1 aromatic carbocycles. The molecule has 90 valence electrons. The molecule has 1 N–H and O–H groups in total. The minimum absolute atomic E-state index is 0.199. The molecule has 0 aliphatic heterocycles. The zero-order valence-corrected chi connectivity index (χ0v) is 10.0. The van der Waals surface area contributed by atoms with Gasteiger partial charge in [-0.1, -0.05) is 0 Å². The van der Waals surface area contributed by atoms with E-state index < -0.39 is 0 Å². The van der Waals surface area contributed by atoms with Crippen molar-refractivity contribution in [1.29, 1.82) is 0 Å². The Labute approximate surface area is 97.0 Å². The fourth-order valence-corrected chi connectivity index (χ4v) is 1.57. The predicted molar refractivity (Wildman–Crippen MR) is 64.2 cm³/mol. The maximum absolute atomic E-state index is 8.85. The van der Waals surface area contributed by atoms with Crippen molar-refractivity contribution < 1.29 is 14.6 Å². The zero-order valence-electron chi connectivity index (χ0n) is 10.0. The maximum atomic E-state index is 8.85. The first-order valence-electron chi connectivity index (χ1n) is 5.81. The Hall–Kier alpha value is -1.22. The van der Waals surface area contributed by atoms with Crippen molar-refractivity contribution in [2.75, 3.05) is 19.8 Å². The molecule has 0 unspecified atom stereocenters. The van der Waals surface area contributed by atoms with Crippen LogP contribution in [0.3, 0.4) is 0 Å². The Balaban J connectivity index is 2.82. The molecular weight excluding hydrogens is 204 g/mol. The molecule has 1 aromatic rings. The van der Waals surface area contributed by atoms with E-state index in [2.05, 4.69) is 0 Å². The molecule has 3 nitrogen and oxygen atoms in total. The van der Waals surface area contributed by atoms with Crippen molar-refractivity contribution in [3.05, 3.63) is 23.8 Å². The Bertz CT molecular complexity index is 310. The average Bonchev–Trinajstić information content (AvgIpc) is 2.30. The lowest BCUT2D eigenvalue weighted by molar-refractivity contribution is 0.286. The first kappa shape index (κ1) is 12.8. The van der Waals surface area contributed by atoms with E-state index in [0.29, 0.717) is 13.2 Å². The molecule has 3 heteroatoms. The van der Waals surface area contributed by atoms with Crippen molar-refractivity contribution in [2.24, 2.45) is 0 Å². The maximum Gasteiger partial charge on any atom is 0.122 e. The predicted octanol–water partition coefficient (Wildman–Crippen LogP) is 2.41. The summed E-state index contributed by atoms with van der Waals surface area (Å²) in [6.07, 6.45) is 1.56. The highest BCUT2D eigenvalue weighted by Crippen LogP contribution is 2.25. The number of ether oxygens (including phenoxy) is 2. The summed E-state index contributed by atoms with van der Waals surface area (Å²) in [7, 11) is 0. The number of rotatable bonds is 7. The molecule has 0 spiro atoms. The summed E-state index contributed by atoms with van der Waals surface area (Å²) in [5.74, 6) is 1.75. The van der Waals surface area contributed by atoms with Crippen LogP contribution in [0.1, 0.15) is 25.8 Å². The van der Waals surface area contributed by atoms with Gasteiger partial charge in [0.15, 0.2) is 0 Å². The van der Waals surface area contributed by atoms with E-state index in [-0.39, 0.29) is 6.61 Å². The number of hydrogen-bond acceptors (Lipinski definition) is 3. The van der Waals surface area contributed by atoms with Crippen LogP contribution in [0.4, 0.5) is 0 Å². The largest absolute Gasteiger partial charge is 0.494 e. The minimum atomic E-state index is 0.199. The molecule has 0 bridgehead atoms. The highest BCUT2D eigenvalue weighted by atomic mass is 16.5. The van der Waals surface area contributed by atoms with Gasteiger partial charge in [-0.05, 0) is 50.5 Å². The summed E-state index contributed by atoms with van der Waals surface area (Å²) in [5.41, 5.74) is 1.10. The van der Waals surface area contributed by atoms with E-state index >= 15 is 0 Å². The number of aliphatic hydroxyl groups excluding tert-OH is 1. The third kappa shape index (κ3) is 3.74. The van der Waals surface area contributed by atoms with Gasteiger partial charge in [0.1, 0.15) is 11.5 Å². The standard InChI is InChI=1S/C13H20O3/c1-3-15-12-7-8-13(16-4-2)11(10-12)6-5-9-14/h7-8,10,14H,3-6,9H2,1-2H3. The Morgan fingerprint density at radius 3 is 2.50 bits per heavy atom. The summed E-state index contributed by atoms with van der Waals surface area (Å²) in [4.78, 5) is 0. The second kappa shape index (κ2) is 7.12. The van der Waals surface area contributed by atoms with E-state index in [1.54, 1.807) is 0 Å². The molecule has 1 rings (SSSR count). The summed E-state index contributed by atoms with van der Waals surface area (Å²) in [6, 6.07) is 5.84. The van der Waals surface area contributed by atoms with Gasteiger partial charge in [0.25, 0.3) is 0 Å². The van der Waals surface area contributed by atoms with Gasteiger partial charge in [-0.15, -0.1) is 0 Å². The molecule has 0 atom stereocenters. The lowest BCUT2D eigenvalue weighted by Crippen LogP contribution is -2.00. The molecule has 0 heterocycles. The number of hydrogen-bond donors (Lipinski definition) is 1. The molecule has 0 radical (unpaired) electrons. The van der Waals surface area contributed by atoms with Crippen molar-refractivity contribution in [3.8, 4) is 11.5 Å². The van der Waals surface area contributed by atoms with Gasteiger partial charge in [-0.25, -0.2) is 0 Å². The molecule has 0 aromatic heterocycles. The second-order valence-corrected chi connectivity index (χ2v) is 3.46. The van der Waals surface area contributed by atoms with Gasteiger partial charge < -0.3 is 14.6 Å². The molecule has 0 aliphatic rings. The van der Waals surface area contributed by atoms with Crippen LogP contribution < -0.4 is 9.47 Å². The lowest BCUT2D eigenvalue weighted by Gasteiger charge is -2.12. The normalized spacial score (nSPS) is 10.2. The number of aliphatic hydroxyl groups is 1. The van der Waals surface area contributed by atoms with Crippen LogP contribution in [-0.4, -0.2) is 24.9 Å². The van der Waals surface area contributed by atoms with Crippen LogP contribution in [0.5, 0.6) is 11.5 Å². The van der Waals surface area contributed by atoms with Crippen LogP contribution >= 0.6 is 0 Å². The van der Waals surface area contributed by atoms with E-state index in [4.69, 9.17) is 14.6 Å². The first-order chi connectivity index (χ1) is 7.81. The van der Waals surface area contributed by atoms with Crippen molar-refractivity contribution in [1.82, 2.24) is 0 Å². The van der Waals surface area contributed by atoms with Gasteiger partial charge in [0.05, 0.1) is 13.2 Å². The van der Waals surface area contributed by atoms with Gasteiger partial charge in [0.2, 0.25) is 0 Å². The van der Waals surface area contributed by atoms with E-state index in [9.17, 15) is 0 Å². The van der Waals surface area contributed by atoms with E-state index in [1.807, 2.05) is 32.0 Å². The Kier molecular flexibility index (Phi) is 5.72. The average molecular weight is 224 g/mol. The van der Waals surface area contributed by atoms with Gasteiger partial charge in [-0.2, -0.15) is 0 Å². The first-order valence-corrected chi connectivity index (χ1v) is 5.81. The highest BCUT2D eigenvalue weighted by molar-refractivity contribution is 5.40. The molecule has 16 heavy (non-hydrogen) atoms. The van der Waals surface area contributed by atoms with Crippen LogP contribution in [0.25, 0.3) is 0 Å². The molecule has 0 saturated carbocycles. The van der Waals surface area contributed by atoms with Crippen molar-refractivity contribution in [2.45, 2.75) is 26.7 Å². The fraction of sp³-hybridized carbons (Fsp3) is 0.538. The molecule has 0 saturated heterocycles. The summed E-state index contributed by atoms with van der Waals surface area (Å²) in [6.45, 7) is 5.44. The van der Waals surface area contributed by atoms with Gasteiger partial charge >= 0.3 is 0 Å². The zero-order chi connectivity index (χ0) is 11.8. The smallest absolute Gasteiger partial charge is 0.122 e. The third-order valence-electron chi connectivity index (χ3n) is 2.25. The Morgan fingerprint density at radius 2 is 1.88 bits per heavy atom. The summed E-state index contributed by atoms with van der Waals surface area (Å²) >= 11 is 0. The minimum Gasteiger partial charge on any atom is -0.494 e. The van der Waals surface area contributed by atoms with Crippen LogP contribution in [-0.2, 0) is 6.42 Å². The van der Waals surface area contributed by atoms with Gasteiger partial charge in [-0.3, -0.25) is 0 Å². The lowest BCUT2D eigenvalue weighted by atomic mass is 10.1.